The van der Waals surface area contributed by atoms with Crippen molar-refractivity contribution in [2.45, 2.75) is 31.2 Å². The highest BCUT2D eigenvalue weighted by molar-refractivity contribution is 5.76. The number of alkyl halides is 1. The molecule has 0 unspecified atom stereocenters. The quantitative estimate of drug-likeness (QED) is 0.547. The molecule has 0 aliphatic carbocycles. The summed E-state index contributed by atoms with van der Waals surface area (Å²) in [5, 5.41) is 14.1. The van der Waals surface area contributed by atoms with E-state index < -0.39 is 18.3 Å². The molecule has 8 nitrogen and oxygen atoms in total. The van der Waals surface area contributed by atoms with E-state index in [4.69, 9.17) is 18.9 Å². The smallest absolute Gasteiger partial charge is 0.223 e. The van der Waals surface area contributed by atoms with Gasteiger partial charge in [0.1, 0.15) is 37.0 Å². The molecule has 2 aliphatic rings. The summed E-state index contributed by atoms with van der Waals surface area (Å²) >= 11 is 0. The van der Waals surface area contributed by atoms with E-state index in [1.54, 1.807) is 49.6 Å². The van der Waals surface area contributed by atoms with Crippen LogP contribution in [0.3, 0.4) is 0 Å². The molecule has 3 atom stereocenters. The molecule has 0 saturated carbocycles. The van der Waals surface area contributed by atoms with Crippen molar-refractivity contribution in [3.05, 3.63) is 48.0 Å². The van der Waals surface area contributed by atoms with Gasteiger partial charge in [-0.25, -0.2) is 4.39 Å². The van der Waals surface area contributed by atoms with Crippen molar-refractivity contribution in [3.63, 3.8) is 0 Å². The van der Waals surface area contributed by atoms with Crippen LogP contribution in [0.15, 0.2) is 42.5 Å². The summed E-state index contributed by atoms with van der Waals surface area (Å²) in [5.74, 6) is 2.28. The van der Waals surface area contributed by atoms with Gasteiger partial charge in [0.15, 0.2) is 11.5 Å². The zero-order valence-electron chi connectivity index (χ0n) is 19.2. The van der Waals surface area contributed by atoms with Crippen LogP contribution >= 0.6 is 0 Å². The van der Waals surface area contributed by atoms with Gasteiger partial charge in [0.2, 0.25) is 5.91 Å². The standard InChI is InChI=1S/C25H31FN2O6/c1-31-19-3-5-20(6-4-19)32-11-9-24(29)27-21(16-28-10-8-18(26)15-28)25(30)17-2-7-22-23(14-17)34-13-12-33-22/h2-7,14,18,21,25,30H,8-13,15-16H2,1H3,(H,27,29)/t18-,21-,25-/m1/s1. The van der Waals surface area contributed by atoms with E-state index in [2.05, 4.69) is 5.32 Å². The number of carbonyl (C=O) groups excluding carboxylic acids is 1. The highest BCUT2D eigenvalue weighted by atomic mass is 19.1. The van der Waals surface area contributed by atoms with Gasteiger partial charge in [-0.1, -0.05) is 6.07 Å². The van der Waals surface area contributed by atoms with Crippen LogP contribution in [0.5, 0.6) is 23.0 Å². The highest BCUT2D eigenvalue weighted by Crippen LogP contribution is 2.33. The van der Waals surface area contributed by atoms with Crippen molar-refractivity contribution in [1.29, 1.82) is 0 Å². The number of methoxy groups -OCH3 is 1. The molecule has 184 valence electrons. The third kappa shape index (κ3) is 6.30. The van der Waals surface area contributed by atoms with E-state index >= 15 is 0 Å². The Balaban J connectivity index is 1.37. The summed E-state index contributed by atoms with van der Waals surface area (Å²) in [7, 11) is 1.59. The summed E-state index contributed by atoms with van der Waals surface area (Å²) in [6.45, 7) is 2.31. The van der Waals surface area contributed by atoms with Crippen LogP contribution in [-0.2, 0) is 4.79 Å². The van der Waals surface area contributed by atoms with Gasteiger partial charge in [0.25, 0.3) is 0 Å². The molecule has 0 spiro atoms. The van der Waals surface area contributed by atoms with Gasteiger partial charge >= 0.3 is 0 Å². The predicted octanol–water partition coefficient (Wildman–Crippen LogP) is 2.50. The van der Waals surface area contributed by atoms with Crippen LogP contribution in [0.4, 0.5) is 4.39 Å². The fourth-order valence-corrected chi connectivity index (χ4v) is 4.14. The molecule has 2 N–H and O–H groups in total. The monoisotopic (exact) mass is 474 g/mol. The maximum Gasteiger partial charge on any atom is 0.223 e. The van der Waals surface area contributed by atoms with Gasteiger partial charge in [-0.2, -0.15) is 0 Å². The molecule has 2 aromatic carbocycles. The van der Waals surface area contributed by atoms with E-state index in [0.29, 0.717) is 62.1 Å². The Morgan fingerprint density at radius 1 is 1.18 bits per heavy atom. The number of amides is 1. The van der Waals surface area contributed by atoms with Crippen molar-refractivity contribution in [2.75, 3.05) is 46.6 Å². The number of likely N-dealkylation sites (tertiary alicyclic amines) is 1. The first-order valence-electron chi connectivity index (χ1n) is 11.5. The highest BCUT2D eigenvalue weighted by Gasteiger charge is 2.30. The molecule has 34 heavy (non-hydrogen) atoms. The van der Waals surface area contributed by atoms with Crippen molar-refractivity contribution in [3.8, 4) is 23.0 Å². The average molecular weight is 475 g/mol. The molecule has 2 heterocycles. The van der Waals surface area contributed by atoms with Crippen molar-refractivity contribution in [1.82, 2.24) is 10.2 Å². The van der Waals surface area contributed by atoms with E-state index in [-0.39, 0.29) is 18.9 Å². The molecular formula is C25H31FN2O6. The first kappa shape index (κ1) is 24.1. The van der Waals surface area contributed by atoms with Crippen molar-refractivity contribution in [2.24, 2.45) is 0 Å². The zero-order chi connectivity index (χ0) is 23.9. The number of hydrogen-bond acceptors (Lipinski definition) is 7. The Kier molecular flexibility index (Phi) is 8.08. The normalized spacial score (nSPS) is 19.3. The fourth-order valence-electron chi connectivity index (χ4n) is 4.14. The minimum atomic E-state index is -0.999. The number of nitrogens with zero attached hydrogens (tertiary/aromatic N) is 1. The number of rotatable bonds is 10. The van der Waals surface area contributed by atoms with Gasteiger partial charge in [0, 0.05) is 19.6 Å². The van der Waals surface area contributed by atoms with Gasteiger partial charge in [0.05, 0.1) is 26.2 Å². The average Bonchev–Trinajstić information content (AvgIpc) is 3.27. The molecule has 0 bridgehead atoms. The molecule has 9 heteroatoms. The molecule has 2 aliphatic heterocycles. The maximum absolute atomic E-state index is 13.7. The van der Waals surface area contributed by atoms with Crippen LogP contribution < -0.4 is 24.3 Å². The second-order valence-electron chi connectivity index (χ2n) is 8.44. The number of halogens is 1. The zero-order valence-corrected chi connectivity index (χ0v) is 19.2. The van der Waals surface area contributed by atoms with Crippen LogP contribution in [-0.4, -0.2) is 74.7 Å². The summed E-state index contributed by atoms with van der Waals surface area (Å²) in [6, 6.07) is 11.7. The van der Waals surface area contributed by atoms with E-state index in [1.165, 1.54) is 0 Å². The van der Waals surface area contributed by atoms with Crippen LogP contribution in [0.1, 0.15) is 24.5 Å². The number of carbonyl (C=O) groups is 1. The largest absolute Gasteiger partial charge is 0.497 e. The number of aliphatic hydroxyl groups excluding tert-OH is 1. The summed E-state index contributed by atoms with van der Waals surface area (Å²) < 4.78 is 35.7. The van der Waals surface area contributed by atoms with Gasteiger partial charge < -0.3 is 29.4 Å². The molecular weight excluding hydrogens is 443 g/mol. The van der Waals surface area contributed by atoms with Crippen molar-refractivity contribution >= 4 is 5.91 Å². The first-order valence-corrected chi connectivity index (χ1v) is 11.5. The Hall–Kier alpha value is -3.04. The maximum atomic E-state index is 13.7. The number of hydrogen-bond donors (Lipinski definition) is 2. The molecule has 1 amide bonds. The molecule has 4 rings (SSSR count). The Morgan fingerprint density at radius 3 is 2.62 bits per heavy atom. The molecule has 0 aromatic heterocycles. The Labute approximate surface area is 198 Å². The van der Waals surface area contributed by atoms with E-state index in [1.807, 2.05) is 4.90 Å². The van der Waals surface area contributed by atoms with Crippen LogP contribution in [0.25, 0.3) is 0 Å². The number of aliphatic hydroxyl groups is 1. The Morgan fingerprint density at radius 2 is 1.91 bits per heavy atom. The lowest BCUT2D eigenvalue weighted by molar-refractivity contribution is -0.123. The van der Waals surface area contributed by atoms with Crippen LogP contribution in [0.2, 0.25) is 0 Å². The third-order valence-electron chi connectivity index (χ3n) is 5.96. The second-order valence-corrected chi connectivity index (χ2v) is 8.44. The molecule has 1 saturated heterocycles. The SMILES string of the molecule is COc1ccc(OCCC(=O)N[C@H](CN2CC[C@@H](F)C2)[C@H](O)c2ccc3c(c2)OCCO3)cc1. The van der Waals surface area contributed by atoms with E-state index in [9.17, 15) is 14.3 Å². The van der Waals surface area contributed by atoms with Crippen LogP contribution in [0, 0.1) is 0 Å². The molecule has 2 aromatic rings. The number of benzene rings is 2. The summed E-state index contributed by atoms with van der Waals surface area (Å²) in [6.07, 6.45) is -1.32. The molecule has 0 radical (unpaired) electrons. The number of ether oxygens (including phenoxy) is 4. The van der Waals surface area contributed by atoms with Gasteiger partial charge in [-0.05, 0) is 48.4 Å². The topological polar surface area (TPSA) is 89.5 Å². The third-order valence-corrected chi connectivity index (χ3v) is 5.96. The van der Waals surface area contributed by atoms with Gasteiger partial charge in [-0.15, -0.1) is 0 Å². The Bertz CT molecular complexity index is 957. The predicted molar refractivity (Wildman–Crippen MR) is 123 cm³/mol. The first-order chi connectivity index (χ1) is 16.5. The van der Waals surface area contributed by atoms with Gasteiger partial charge in [-0.3, -0.25) is 9.69 Å². The lowest BCUT2D eigenvalue weighted by Gasteiger charge is -2.29. The van der Waals surface area contributed by atoms with E-state index in [0.717, 1.165) is 5.75 Å². The minimum Gasteiger partial charge on any atom is -0.497 e. The number of nitrogens with one attached hydrogen (secondary N) is 1. The summed E-state index contributed by atoms with van der Waals surface area (Å²) in [4.78, 5) is 14.6. The lowest BCUT2D eigenvalue weighted by atomic mass is 10.0. The molecule has 1 fully saturated rings. The fraction of sp³-hybridized carbons (Fsp3) is 0.480. The summed E-state index contributed by atoms with van der Waals surface area (Å²) in [5.41, 5.74) is 0.597. The second kappa shape index (κ2) is 11.4. The minimum absolute atomic E-state index is 0.113. The lowest BCUT2D eigenvalue weighted by Crippen LogP contribution is -2.47. The van der Waals surface area contributed by atoms with Crippen molar-refractivity contribution < 1.29 is 33.2 Å². The number of fused-ring (bicyclic) bond motifs is 1.